The summed E-state index contributed by atoms with van der Waals surface area (Å²) in [7, 11) is 0. The molecular formula is C12H13NO2S. The Morgan fingerprint density at radius 1 is 1.50 bits per heavy atom. The zero-order chi connectivity index (χ0) is 12.1. The fraction of sp³-hybridized carbons (Fsp3) is 0.333. The molecule has 1 aromatic carbocycles. The van der Waals surface area contributed by atoms with Gasteiger partial charge in [0.2, 0.25) is 0 Å². The number of rotatable bonds is 3. The summed E-state index contributed by atoms with van der Waals surface area (Å²) in [6.45, 7) is 4.00. The Bertz CT molecular complexity index is 449. The SMILES string of the molecule is CCOC(=O)c1cc(S)c(CC)c(C#N)c1. The second kappa shape index (κ2) is 5.57. The van der Waals surface area contributed by atoms with Gasteiger partial charge < -0.3 is 4.74 Å². The van der Waals surface area contributed by atoms with E-state index < -0.39 is 5.97 Å². The van der Waals surface area contributed by atoms with Gasteiger partial charge in [-0.1, -0.05) is 6.92 Å². The van der Waals surface area contributed by atoms with Crippen LogP contribution in [0.3, 0.4) is 0 Å². The van der Waals surface area contributed by atoms with Crippen molar-refractivity contribution in [3.63, 3.8) is 0 Å². The van der Waals surface area contributed by atoms with Gasteiger partial charge in [-0.3, -0.25) is 0 Å². The van der Waals surface area contributed by atoms with Crippen LogP contribution in [0.15, 0.2) is 17.0 Å². The largest absolute Gasteiger partial charge is 0.462 e. The van der Waals surface area contributed by atoms with E-state index in [9.17, 15) is 4.79 Å². The van der Waals surface area contributed by atoms with Crippen LogP contribution in [-0.2, 0) is 11.2 Å². The van der Waals surface area contributed by atoms with Crippen molar-refractivity contribution in [2.45, 2.75) is 25.2 Å². The molecule has 0 aliphatic carbocycles. The van der Waals surface area contributed by atoms with Crippen LogP contribution in [-0.4, -0.2) is 12.6 Å². The first kappa shape index (κ1) is 12.6. The number of esters is 1. The third-order valence-electron chi connectivity index (χ3n) is 2.21. The van der Waals surface area contributed by atoms with Gasteiger partial charge in [-0.25, -0.2) is 4.79 Å². The van der Waals surface area contributed by atoms with Gasteiger partial charge in [-0.2, -0.15) is 5.26 Å². The number of carbonyl (C=O) groups is 1. The molecule has 1 rings (SSSR count). The minimum Gasteiger partial charge on any atom is -0.462 e. The quantitative estimate of drug-likeness (QED) is 0.647. The molecule has 0 aliphatic heterocycles. The minimum absolute atomic E-state index is 0.318. The number of hydrogen-bond donors (Lipinski definition) is 1. The summed E-state index contributed by atoms with van der Waals surface area (Å²) in [6, 6.07) is 5.26. The monoisotopic (exact) mass is 235 g/mol. The van der Waals surface area contributed by atoms with Gasteiger partial charge in [0.05, 0.1) is 23.8 Å². The Morgan fingerprint density at radius 3 is 2.69 bits per heavy atom. The number of thiol groups is 1. The summed E-state index contributed by atoms with van der Waals surface area (Å²) in [4.78, 5) is 12.2. The molecule has 0 amide bonds. The Labute approximate surface area is 100 Å². The van der Waals surface area contributed by atoms with Crippen molar-refractivity contribution in [3.05, 3.63) is 28.8 Å². The lowest BCUT2D eigenvalue weighted by molar-refractivity contribution is 0.0526. The van der Waals surface area contributed by atoms with Crippen molar-refractivity contribution >= 4 is 18.6 Å². The Kier molecular flexibility index (Phi) is 4.39. The van der Waals surface area contributed by atoms with Crippen LogP contribution < -0.4 is 0 Å². The molecule has 0 radical (unpaired) electrons. The van der Waals surface area contributed by atoms with Crippen molar-refractivity contribution in [2.75, 3.05) is 6.61 Å². The van der Waals surface area contributed by atoms with Gasteiger partial charge in [0, 0.05) is 4.90 Å². The molecule has 0 aromatic heterocycles. The van der Waals surface area contributed by atoms with Gasteiger partial charge in [-0.15, -0.1) is 12.6 Å². The van der Waals surface area contributed by atoms with Crippen LogP contribution in [0.5, 0.6) is 0 Å². The zero-order valence-electron chi connectivity index (χ0n) is 9.28. The van der Waals surface area contributed by atoms with E-state index in [1.807, 2.05) is 6.92 Å². The zero-order valence-corrected chi connectivity index (χ0v) is 10.2. The minimum atomic E-state index is -0.419. The molecule has 84 valence electrons. The number of nitrogens with zero attached hydrogens (tertiary/aromatic N) is 1. The van der Waals surface area contributed by atoms with Crippen molar-refractivity contribution in [2.24, 2.45) is 0 Å². The average molecular weight is 235 g/mol. The number of ether oxygens (including phenoxy) is 1. The molecule has 4 heteroatoms. The standard InChI is InChI=1S/C12H13NO2S/c1-3-10-9(7-13)5-8(6-11(10)16)12(14)15-4-2/h5-6,16H,3-4H2,1-2H3. The smallest absolute Gasteiger partial charge is 0.338 e. The summed E-state index contributed by atoms with van der Waals surface area (Å²) in [5, 5.41) is 8.97. The van der Waals surface area contributed by atoms with Crippen LogP contribution in [0.4, 0.5) is 0 Å². The number of carbonyl (C=O) groups excluding carboxylic acids is 1. The maximum Gasteiger partial charge on any atom is 0.338 e. The molecular weight excluding hydrogens is 222 g/mol. The van der Waals surface area contributed by atoms with Crippen molar-refractivity contribution in [3.8, 4) is 6.07 Å². The van der Waals surface area contributed by atoms with Crippen molar-refractivity contribution in [1.29, 1.82) is 5.26 Å². The van der Waals surface area contributed by atoms with Crippen LogP contribution in [0.2, 0.25) is 0 Å². The molecule has 16 heavy (non-hydrogen) atoms. The topological polar surface area (TPSA) is 50.1 Å². The van der Waals surface area contributed by atoms with Crippen LogP contribution >= 0.6 is 12.6 Å². The molecule has 0 bridgehead atoms. The van der Waals surface area contributed by atoms with E-state index in [4.69, 9.17) is 10.00 Å². The predicted octanol–water partition coefficient (Wildman–Crippen LogP) is 2.59. The second-order valence-electron chi connectivity index (χ2n) is 3.21. The molecule has 0 aliphatic rings. The van der Waals surface area contributed by atoms with E-state index in [1.165, 1.54) is 0 Å². The van der Waals surface area contributed by atoms with Crippen molar-refractivity contribution in [1.82, 2.24) is 0 Å². The third-order valence-corrected chi connectivity index (χ3v) is 2.61. The van der Waals surface area contributed by atoms with E-state index in [0.29, 0.717) is 29.1 Å². The highest BCUT2D eigenvalue weighted by Crippen LogP contribution is 2.21. The van der Waals surface area contributed by atoms with E-state index in [0.717, 1.165) is 5.56 Å². The van der Waals surface area contributed by atoms with E-state index in [-0.39, 0.29) is 0 Å². The van der Waals surface area contributed by atoms with E-state index >= 15 is 0 Å². The molecule has 0 saturated carbocycles. The molecule has 0 heterocycles. The molecule has 0 unspecified atom stereocenters. The first-order chi connectivity index (χ1) is 7.63. The highest BCUT2D eigenvalue weighted by atomic mass is 32.1. The summed E-state index contributed by atoms with van der Waals surface area (Å²) < 4.78 is 4.87. The molecule has 0 saturated heterocycles. The van der Waals surface area contributed by atoms with Gasteiger partial charge >= 0.3 is 5.97 Å². The molecule has 0 fully saturated rings. The maximum absolute atomic E-state index is 11.5. The van der Waals surface area contributed by atoms with Gasteiger partial charge in [-0.05, 0) is 31.0 Å². The van der Waals surface area contributed by atoms with Gasteiger partial charge in [0.15, 0.2) is 0 Å². The van der Waals surface area contributed by atoms with Crippen molar-refractivity contribution < 1.29 is 9.53 Å². The maximum atomic E-state index is 11.5. The average Bonchev–Trinajstić information content (AvgIpc) is 2.28. The molecule has 1 aromatic rings. The van der Waals surface area contributed by atoms with Gasteiger partial charge in [0.25, 0.3) is 0 Å². The Balaban J connectivity index is 3.21. The lowest BCUT2D eigenvalue weighted by Crippen LogP contribution is -2.06. The van der Waals surface area contributed by atoms with E-state index in [1.54, 1.807) is 19.1 Å². The third kappa shape index (κ3) is 2.56. The Morgan fingerprint density at radius 2 is 2.19 bits per heavy atom. The number of benzene rings is 1. The fourth-order valence-corrected chi connectivity index (χ4v) is 1.88. The number of nitriles is 1. The van der Waals surface area contributed by atoms with Crippen LogP contribution in [0.1, 0.15) is 35.3 Å². The normalized spacial score (nSPS) is 9.62. The first-order valence-corrected chi connectivity index (χ1v) is 5.51. The lowest BCUT2D eigenvalue weighted by Gasteiger charge is -2.08. The summed E-state index contributed by atoms with van der Waals surface area (Å²) in [6.07, 6.45) is 0.713. The summed E-state index contributed by atoms with van der Waals surface area (Å²) in [5.74, 6) is -0.419. The predicted molar refractivity (Wildman–Crippen MR) is 63.7 cm³/mol. The van der Waals surface area contributed by atoms with Crippen LogP contribution in [0.25, 0.3) is 0 Å². The fourth-order valence-electron chi connectivity index (χ4n) is 1.46. The summed E-state index contributed by atoms with van der Waals surface area (Å²) in [5.41, 5.74) is 1.72. The van der Waals surface area contributed by atoms with E-state index in [2.05, 4.69) is 18.7 Å². The first-order valence-electron chi connectivity index (χ1n) is 5.07. The number of hydrogen-bond acceptors (Lipinski definition) is 4. The lowest BCUT2D eigenvalue weighted by atomic mass is 10.0. The Hall–Kier alpha value is -1.47. The molecule has 3 nitrogen and oxygen atoms in total. The second-order valence-corrected chi connectivity index (χ2v) is 3.69. The van der Waals surface area contributed by atoms with Gasteiger partial charge in [0.1, 0.15) is 0 Å². The molecule has 0 atom stereocenters. The molecule has 0 N–H and O–H groups in total. The van der Waals surface area contributed by atoms with Crippen LogP contribution in [0, 0.1) is 11.3 Å². The highest BCUT2D eigenvalue weighted by Gasteiger charge is 2.12. The highest BCUT2D eigenvalue weighted by molar-refractivity contribution is 7.80. The summed E-state index contributed by atoms with van der Waals surface area (Å²) >= 11 is 4.28. The molecule has 0 spiro atoms.